The van der Waals surface area contributed by atoms with Crippen LogP contribution in [0.1, 0.15) is 11.1 Å². The van der Waals surface area contributed by atoms with Crippen molar-refractivity contribution in [2.75, 3.05) is 10.0 Å². The minimum absolute atomic E-state index is 0.188. The van der Waals surface area contributed by atoms with Gasteiger partial charge in [0.25, 0.3) is 10.0 Å². The number of hydrogen-bond donors (Lipinski definition) is 2. The number of hydrogen-bond acceptors (Lipinski definition) is 7. The molecule has 13 heteroatoms. The summed E-state index contributed by atoms with van der Waals surface area (Å²) in [6.07, 6.45) is 1.17. The van der Waals surface area contributed by atoms with Crippen molar-refractivity contribution in [3.8, 4) is 22.9 Å². The van der Waals surface area contributed by atoms with E-state index in [9.17, 15) is 26.4 Å². The Hall–Kier alpha value is -5.30. The van der Waals surface area contributed by atoms with E-state index < -0.39 is 27.7 Å². The van der Waals surface area contributed by atoms with Crippen LogP contribution in [0, 0.1) is 0 Å². The first-order valence-corrected chi connectivity index (χ1v) is 13.7. The SMILES string of the molecule is O=C(/C=C/c1cccc(S(=O)(=O)Nc2cccc(C(F)(F)F)c2)c1)Nc1ccccc1-c1nnc(-c2ccncc2)o1. The molecule has 0 aliphatic heterocycles. The van der Waals surface area contributed by atoms with Gasteiger partial charge in [-0.05, 0) is 66.2 Å². The molecule has 212 valence electrons. The number of rotatable bonds is 8. The Morgan fingerprint density at radius 2 is 1.60 bits per heavy atom. The fourth-order valence-corrected chi connectivity index (χ4v) is 4.93. The maximum Gasteiger partial charge on any atom is 0.416 e. The first-order valence-electron chi connectivity index (χ1n) is 12.2. The molecule has 42 heavy (non-hydrogen) atoms. The lowest BCUT2D eigenvalue weighted by molar-refractivity contribution is -0.137. The van der Waals surface area contributed by atoms with E-state index in [2.05, 4.69) is 25.2 Å². The second kappa shape index (κ2) is 11.7. The zero-order valence-electron chi connectivity index (χ0n) is 21.4. The molecule has 9 nitrogen and oxygen atoms in total. The number of alkyl halides is 3. The second-order valence-electron chi connectivity index (χ2n) is 8.77. The Morgan fingerprint density at radius 3 is 2.38 bits per heavy atom. The maximum atomic E-state index is 13.0. The van der Waals surface area contributed by atoms with Gasteiger partial charge in [0.1, 0.15) is 0 Å². The van der Waals surface area contributed by atoms with Crippen LogP contribution in [-0.4, -0.2) is 29.5 Å². The summed E-state index contributed by atoms with van der Waals surface area (Å²) in [6.45, 7) is 0. The third-order valence-corrected chi connectivity index (χ3v) is 7.18. The van der Waals surface area contributed by atoms with E-state index in [0.29, 0.717) is 28.4 Å². The molecule has 0 saturated heterocycles. The molecule has 0 saturated carbocycles. The van der Waals surface area contributed by atoms with Crippen LogP contribution in [0.15, 0.2) is 113 Å². The third-order valence-electron chi connectivity index (χ3n) is 5.81. The van der Waals surface area contributed by atoms with Crippen molar-refractivity contribution in [3.63, 3.8) is 0 Å². The van der Waals surface area contributed by atoms with Gasteiger partial charge in [-0.25, -0.2) is 8.42 Å². The number of carbonyl (C=O) groups is 1. The molecule has 2 heterocycles. The summed E-state index contributed by atoms with van der Waals surface area (Å²) >= 11 is 0. The molecule has 0 fully saturated rings. The van der Waals surface area contributed by atoms with E-state index in [1.54, 1.807) is 54.9 Å². The van der Waals surface area contributed by atoms with Gasteiger partial charge in [0, 0.05) is 29.7 Å². The molecule has 0 bridgehead atoms. The summed E-state index contributed by atoms with van der Waals surface area (Å²) in [4.78, 5) is 16.5. The van der Waals surface area contributed by atoms with Gasteiger partial charge in [-0.3, -0.25) is 14.5 Å². The van der Waals surface area contributed by atoms with Crippen LogP contribution in [-0.2, 0) is 21.0 Å². The predicted molar refractivity (Wildman–Crippen MR) is 149 cm³/mol. The van der Waals surface area contributed by atoms with Crippen LogP contribution < -0.4 is 10.0 Å². The van der Waals surface area contributed by atoms with Gasteiger partial charge in [0.2, 0.25) is 17.7 Å². The number of para-hydroxylation sites is 1. The number of aromatic nitrogens is 3. The fourth-order valence-electron chi connectivity index (χ4n) is 3.83. The first-order chi connectivity index (χ1) is 20.1. The number of carbonyl (C=O) groups excluding carboxylic acids is 1. The average molecular weight is 592 g/mol. The van der Waals surface area contributed by atoms with E-state index >= 15 is 0 Å². The highest BCUT2D eigenvalue weighted by atomic mass is 32.2. The number of benzene rings is 3. The summed E-state index contributed by atoms with van der Waals surface area (Å²) in [7, 11) is -4.22. The normalized spacial score (nSPS) is 11.9. The van der Waals surface area contributed by atoms with E-state index in [1.165, 1.54) is 36.4 Å². The van der Waals surface area contributed by atoms with Crippen LogP contribution in [0.3, 0.4) is 0 Å². The third kappa shape index (κ3) is 6.70. The van der Waals surface area contributed by atoms with Crippen molar-refractivity contribution in [2.45, 2.75) is 11.1 Å². The van der Waals surface area contributed by atoms with Gasteiger partial charge >= 0.3 is 6.18 Å². The molecule has 1 amide bonds. The van der Waals surface area contributed by atoms with Crippen LogP contribution in [0.5, 0.6) is 0 Å². The van der Waals surface area contributed by atoms with Gasteiger partial charge in [0.15, 0.2) is 0 Å². The summed E-state index contributed by atoms with van der Waals surface area (Å²) < 4.78 is 72.6. The predicted octanol–water partition coefficient (Wildman–Crippen LogP) is 6.27. The molecular formula is C29H20F3N5O4S. The monoisotopic (exact) mass is 591 g/mol. The van der Waals surface area contributed by atoms with Gasteiger partial charge in [-0.15, -0.1) is 10.2 Å². The summed E-state index contributed by atoms with van der Waals surface area (Å²) in [5.74, 6) is -0.0506. The summed E-state index contributed by atoms with van der Waals surface area (Å²) in [5.41, 5.74) is 0.712. The Labute approximate surface area is 237 Å². The molecule has 0 radical (unpaired) electrons. The molecule has 2 aromatic heterocycles. The van der Waals surface area contributed by atoms with Gasteiger partial charge in [-0.2, -0.15) is 13.2 Å². The van der Waals surface area contributed by atoms with E-state index in [-0.39, 0.29) is 22.4 Å². The number of nitrogens with zero attached hydrogens (tertiary/aromatic N) is 3. The minimum atomic E-state index is -4.62. The highest BCUT2D eigenvalue weighted by molar-refractivity contribution is 7.92. The molecule has 5 rings (SSSR count). The van der Waals surface area contributed by atoms with Gasteiger partial charge in [0.05, 0.1) is 21.7 Å². The van der Waals surface area contributed by atoms with E-state index in [0.717, 1.165) is 12.1 Å². The lowest BCUT2D eigenvalue weighted by Gasteiger charge is -2.11. The summed E-state index contributed by atoms with van der Waals surface area (Å²) in [6, 6.07) is 19.7. The zero-order chi connectivity index (χ0) is 29.7. The molecule has 5 aromatic rings. The topological polar surface area (TPSA) is 127 Å². The van der Waals surface area contributed by atoms with Crippen molar-refractivity contribution >= 4 is 33.4 Å². The second-order valence-corrected chi connectivity index (χ2v) is 10.5. The maximum absolute atomic E-state index is 13.0. The molecular weight excluding hydrogens is 571 g/mol. The van der Waals surface area contributed by atoms with E-state index in [1.807, 2.05) is 0 Å². The number of sulfonamides is 1. The fraction of sp³-hybridized carbons (Fsp3) is 0.0345. The van der Waals surface area contributed by atoms with Crippen LogP contribution in [0.25, 0.3) is 29.0 Å². The quantitative estimate of drug-likeness (QED) is 0.204. The van der Waals surface area contributed by atoms with Crippen LogP contribution in [0.4, 0.5) is 24.5 Å². The smallest absolute Gasteiger partial charge is 0.416 e. The Morgan fingerprint density at radius 1 is 0.857 bits per heavy atom. The van der Waals surface area contributed by atoms with Crippen LogP contribution in [0.2, 0.25) is 0 Å². The summed E-state index contributed by atoms with van der Waals surface area (Å²) in [5, 5.41) is 10.9. The standard InChI is InChI=1S/C29H20F3N5O4S/c30-29(31,32)21-6-4-7-22(18-21)37-42(39,40)23-8-3-5-19(17-23)11-12-26(38)34-25-10-2-1-9-24(25)28-36-35-27(41-28)20-13-15-33-16-14-20/h1-18,37H,(H,34,38)/b12-11+. The number of amides is 1. The van der Waals surface area contributed by atoms with Crippen molar-refractivity contribution in [1.29, 1.82) is 0 Å². The first kappa shape index (κ1) is 28.2. The van der Waals surface area contributed by atoms with Crippen LogP contribution >= 0.6 is 0 Å². The van der Waals surface area contributed by atoms with Gasteiger partial charge < -0.3 is 9.73 Å². The van der Waals surface area contributed by atoms with Crippen molar-refractivity contribution in [1.82, 2.24) is 15.2 Å². The molecule has 0 aliphatic carbocycles. The van der Waals surface area contributed by atoms with Crippen molar-refractivity contribution in [2.24, 2.45) is 0 Å². The molecule has 3 aromatic carbocycles. The Kier molecular flexibility index (Phi) is 7.84. The number of anilines is 2. The molecule has 0 spiro atoms. The molecule has 0 atom stereocenters. The number of nitrogens with one attached hydrogen (secondary N) is 2. The molecule has 0 unspecified atom stereocenters. The largest absolute Gasteiger partial charge is 0.416 e. The number of pyridine rings is 1. The lowest BCUT2D eigenvalue weighted by Crippen LogP contribution is -2.14. The zero-order valence-corrected chi connectivity index (χ0v) is 22.2. The highest BCUT2D eigenvalue weighted by Crippen LogP contribution is 2.32. The lowest BCUT2D eigenvalue weighted by atomic mass is 10.1. The van der Waals surface area contributed by atoms with Crippen molar-refractivity contribution < 1.29 is 30.8 Å². The highest BCUT2D eigenvalue weighted by Gasteiger charge is 2.30. The molecule has 0 aliphatic rings. The van der Waals surface area contributed by atoms with Gasteiger partial charge in [-0.1, -0.05) is 30.3 Å². The average Bonchev–Trinajstić information content (AvgIpc) is 3.47. The Bertz CT molecular complexity index is 1870. The number of halogens is 3. The Balaban J connectivity index is 1.30. The minimum Gasteiger partial charge on any atom is -0.416 e. The van der Waals surface area contributed by atoms with Crippen molar-refractivity contribution in [3.05, 3.63) is 115 Å². The molecule has 2 N–H and O–H groups in total. The van der Waals surface area contributed by atoms with E-state index in [4.69, 9.17) is 4.42 Å².